The summed E-state index contributed by atoms with van der Waals surface area (Å²) in [5, 5.41) is 11.2. The van der Waals surface area contributed by atoms with Crippen molar-refractivity contribution in [1.82, 2.24) is 0 Å². The maximum Gasteiger partial charge on any atom is 0.254 e. The van der Waals surface area contributed by atoms with E-state index in [0.29, 0.717) is 11.5 Å². The lowest BCUT2D eigenvalue weighted by Crippen LogP contribution is -2.42. The minimum Gasteiger partial charge on any atom is -0.365 e. The van der Waals surface area contributed by atoms with E-state index in [-0.39, 0.29) is 22.4 Å². The molecule has 1 aliphatic heterocycles. The van der Waals surface area contributed by atoms with Crippen LogP contribution in [-0.4, -0.2) is 22.6 Å². The standard InChI is InChI=1S/C16H22N2O4S/c1-15(2)7-9-10(12(17)19)14(18(21)13(20)8-5-6-8)23-11(9)16(3,4)22-15/h8,21H,5-7H2,1-4H3,(H2,17,19). The number of rotatable bonds is 3. The van der Waals surface area contributed by atoms with Crippen LogP contribution in [0.2, 0.25) is 0 Å². The van der Waals surface area contributed by atoms with Gasteiger partial charge >= 0.3 is 0 Å². The molecule has 0 bridgehead atoms. The summed E-state index contributed by atoms with van der Waals surface area (Å²) >= 11 is 1.21. The molecular weight excluding hydrogens is 316 g/mol. The van der Waals surface area contributed by atoms with E-state index in [1.54, 1.807) is 0 Å². The Bertz CT molecular complexity index is 688. The van der Waals surface area contributed by atoms with E-state index >= 15 is 0 Å². The first-order chi connectivity index (χ1) is 10.5. The second-order valence-electron chi connectivity index (χ2n) is 7.43. The van der Waals surface area contributed by atoms with Crippen LogP contribution in [0, 0.1) is 5.92 Å². The summed E-state index contributed by atoms with van der Waals surface area (Å²) in [5.41, 5.74) is 5.51. The minimum atomic E-state index is -0.631. The van der Waals surface area contributed by atoms with Gasteiger partial charge in [0.05, 0.1) is 16.8 Å². The number of amides is 2. The topological polar surface area (TPSA) is 92.9 Å². The molecule has 1 saturated carbocycles. The van der Waals surface area contributed by atoms with Gasteiger partial charge in [-0.3, -0.25) is 14.8 Å². The van der Waals surface area contributed by atoms with Crippen LogP contribution in [0.5, 0.6) is 0 Å². The van der Waals surface area contributed by atoms with Crippen LogP contribution in [0.25, 0.3) is 0 Å². The fourth-order valence-electron chi connectivity index (χ4n) is 3.31. The van der Waals surface area contributed by atoms with Gasteiger partial charge < -0.3 is 10.5 Å². The maximum absolute atomic E-state index is 12.2. The van der Waals surface area contributed by atoms with Crippen LogP contribution >= 0.6 is 11.3 Å². The molecule has 1 aliphatic carbocycles. The molecule has 23 heavy (non-hydrogen) atoms. The van der Waals surface area contributed by atoms with Crippen LogP contribution in [-0.2, 0) is 21.6 Å². The lowest BCUT2D eigenvalue weighted by Gasteiger charge is -2.41. The highest BCUT2D eigenvalue weighted by atomic mass is 32.1. The number of hydroxylamine groups is 1. The first kappa shape index (κ1) is 16.4. The molecule has 0 aromatic carbocycles. The third-order valence-corrected chi connectivity index (χ3v) is 5.76. The summed E-state index contributed by atoms with van der Waals surface area (Å²) in [7, 11) is 0. The van der Waals surface area contributed by atoms with Gasteiger partial charge in [0.1, 0.15) is 5.00 Å². The van der Waals surface area contributed by atoms with Gasteiger partial charge in [-0.05, 0) is 46.1 Å². The Hall–Kier alpha value is -1.44. The lowest BCUT2D eigenvalue weighted by atomic mass is 9.86. The van der Waals surface area contributed by atoms with E-state index in [4.69, 9.17) is 10.5 Å². The number of hydrogen-bond donors (Lipinski definition) is 2. The second kappa shape index (κ2) is 5.03. The highest BCUT2D eigenvalue weighted by Gasteiger charge is 2.44. The summed E-state index contributed by atoms with van der Waals surface area (Å²) in [5.74, 6) is -1.15. The van der Waals surface area contributed by atoms with E-state index in [2.05, 4.69) is 0 Å². The number of hydrogen-bond acceptors (Lipinski definition) is 5. The zero-order valence-corrected chi connectivity index (χ0v) is 14.6. The number of carbonyl (C=O) groups excluding carboxylic acids is 2. The molecule has 6 nitrogen and oxygen atoms in total. The van der Waals surface area contributed by atoms with Gasteiger partial charge in [0, 0.05) is 17.2 Å². The monoisotopic (exact) mass is 338 g/mol. The minimum absolute atomic E-state index is 0.152. The van der Waals surface area contributed by atoms with Crippen molar-refractivity contribution < 1.29 is 19.5 Å². The largest absolute Gasteiger partial charge is 0.365 e. The molecule has 2 amide bonds. The van der Waals surface area contributed by atoms with Gasteiger partial charge in [0.15, 0.2) is 0 Å². The summed E-state index contributed by atoms with van der Waals surface area (Å²) in [6.45, 7) is 7.74. The molecule has 0 saturated heterocycles. The molecule has 1 fully saturated rings. The Morgan fingerprint density at radius 2 is 1.91 bits per heavy atom. The van der Waals surface area contributed by atoms with Crippen molar-refractivity contribution >= 4 is 28.2 Å². The number of thiophene rings is 1. The van der Waals surface area contributed by atoms with Crippen molar-refractivity contribution in [1.29, 1.82) is 0 Å². The van der Waals surface area contributed by atoms with Gasteiger partial charge in [-0.2, -0.15) is 5.06 Å². The fraction of sp³-hybridized carbons (Fsp3) is 0.625. The Morgan fingerprint density at radius 1 is 1.30 bits per heavy atom. The fourth-order valence-corrected chi connectivity index (χ4v) is 4.59. The maximum atomic E-state index is 12.2. The third-order valence-electron chi connectivity index (χ3n) is 4.24. The van der Waals surface area contributed by atoms with E-state index in [1.165, 1.54) is 11.3 Å². The lowest BCUT2D eigenvalue weighted by molar-refractivity contribution is -0.135. The number of fused-ring (bicyclic) bond motifs is 1. The molecule has 7 heteroatoms. The number of primary amides is 1. The smallest absolute Gasteiger partial charge is 0.254 e. The normalized spacial score (nSPS) is 21.6. The molecule has 0 radical (unpaired) electrons. The zero-order chi connectivity index (χ0) is 17.2. The van der Waals surface area contributed by atoms with E-state index in [0.717, 1.165) is 23.3 Å². The van der Waals surface area contributed by atoms with Crippen molar-refractivity contribution in [2.75, 3.05) is 5.06 Å². The van der Waals surface area contributed by atoms with Crippen molar-refractivity contribution in [3.63, 3.8) is 0 Å². The first-order valence-corrected chi connectivity index (χ1v) is 8.54. The number of ether oxygens (including phenoxy) is 1. The van der Waals surface area contributed by atoms with Gasteiger partial charge in [0.2, 0.25) is 0 Å². The van der Waals surface area contributed by atoms with Gasteiger partial charge in [-0.15, -0.1) is 11.3 Å². The predicted octanol–water partition coefficient (Wildman–Crippen LogP) is 2.57. The molecule has 2 heterocycles. The summed E-state index contributed by atoms with van der Waals surface area (Å²) in [4.78, 5) is 25.0. The molecule has 3 rings (SSSR count). The summed E-state index contributed by atoms with van der Waals surface area (Å²) in [6.07, 6.45) is 2.05. The van der Waals surface area contributed by atoms with E-state index in [9.17, 15) is 14.8 Å². The van der Waals surface area contributed by atoms with Crippen LogP contribution in [0.15, 0.2) is 0 Å². The molecule has 0 spiro atoms. The molecule has 126 valence electrons. The highest BCUT2D eigenvalue weighted by molar-refractivity contribution is 7.17. The van der Waals surface area contributed by atoms with Crippen molar-refractivity contribution in [3.05, 3.63) is 16.0 Å². The number of carbonyl (C=O) groups is 2. The Balaban J connectivity index is 2.14. The van der Waals surface area contributed by atoms with Gasteiger partial charge in [0.25, 0.3) is 11.8 Å². The van der Waals surface area contributed by atoms with Crippen LogP contribution in [0.3, 0.4) is 0 Å². The predicted molar refractivity (Wildman–Crippen MR) is 86.7 cm³/mol. The SMILES string of the molecule is CC1(C)Cc2c(sc(N(O)C(=O)C3CC3)c2C(N)=O)C(C)(C)O1. The Morgan fingerprint density at radius 3 is 2.43 bits per heavy atom. The second-order valence-corrected chi connectivity index (χ2v) is 8.43. The average Bonchev–Trinajstić information content (AvgIpc) is 3.15. The van der Waals surface area contributed by atoms with Crippen molar-refractivity contribution in [2.45, 2.75) is 58.2 Å². The number of anilines is 1. The van der Waals surface area contributed by atoms with Crippen molar-refractivity contribution in [2.24, 2.45) is 11.7 Å². The third kappa shape index (κ3) is 2.77. The van der Waals surface area contributed by atoms with Gasteiger partial charge in [-0.1, -0.05) is 0 Å². The average molecular weight is 338 g/mol. The van der Waals surface area contributed by atoms with E-state index in [1.807, 2.05) is 27.7 Å². The molecule has 2 aliphatic rings. The summed E-state index contributed by atoms with van der Waals surface area (Å²) < 4.78 is 6.11. The number of nitrogens with zero attached hydrogens (tertiary/aromatic N) is 1. The molecule has 3 N–H and O–H groups in total. The number of nitrogens with two attached hydrogens (primary N) is 1. The first-order valence-electron chi connectivity index (χ1n) is 7.72. The highest BCUT2D eigenvalue weighted by Crippen LogP contribution is 2.49. The molecular formula is C16H22N2O4S. The van der Waals surface area contributed by atoms with Crippen LogP contribution in [0.1, 0.15) is 61.3 Å². The van der Waals surface area contributed by atoms with Crippen LogP contribution in [0.4, 0.5) is 5.00 Å². The van der Waals surface area contributed by atoms with Gasteiger partial charge in [-0.25, -0.2) is 0 Å². The zero-order valence-electron chi connectivity index (χ0n) is 13.8. The van der Waals surface area contributed by atoms with Crippen molar-refractivity contribution in [3.8, 4) is 0 Å². The van der Waals surface area contributed by atoms with E-state index < -0.39 is 17.1 Å². The quantitative estimate of drug-likeness (QED) is 0.654. The molecule has 0 unspecified atom stereocenters. The molecule has 1 aromatic heterocycles. The molecule has 0 atom stereocenters. The molecule has 1 aromatic rings. The summed E-state index contributed by atoms with van der Waals surface area (Å²) in [6, 6.07) is 0. The van der Waals surface area contributed by atoms with Crippen LogP contribution < -0.4 is 10.8 Å². The Labute approximate surface area is 139 Å². The Kier molecular flexibility index (Phi) is 3.59.